The van der Waals surface area contributed by atoms with Crippen LogP contribution >= 0.6 is 11.6 Å². The minimum Gasteiger partial charge on any atom is -0.337 e. The van der Waals surface area contributed by atoms with E-state index in [4.69, 9.17) is 11.6 Å². The number of aromatic nitrogens is 2. The molecule has 6 heteroatoms. The number of hydrogen-bond donors (Lipinski definition) is 1. The molecule has 1 aliphatic heterocycles. The van der Waals surface area contributed by atoms with Crippen LogP contribution in [0.3, 0.4) is 0 Å². The molecule has 0 saturated carbocycles. The first-order valence-electron chi connectivity index (χ1n) is 7.93. The summed E-state index contributed by atoms with van der Waals surface area (Å²) in [7, 11) is 1.97. The van der Waals surface area contributed by atoms with Crippen LogP contribution in [0.2, 0.25) is 5.02 Å². The number of nitrogens with one attached hydrogen (secondary N) is 1. The highest BCUT2D eigenvalue weighted by Gasteiger charge is 2.24. The fourth-order valence-corrected chi connectivity index (χ4v) is 3.18. The highest BCUT2D eigenvalue weighted by atomic mass is 35.5. The molecule has 1 N–H and O–H groups in total. The minimum atomic E-state index is 0.00804. The zero-order chi connectivity index (χ0) is 16.2. The summed E-state index contributed by atoms with van der Waals surface area (Å²) < 4.78 is 1.69. The van der Waals surface area contributed by atoms with Crippen LogP contribution < -0.4 is 5.32 Å². The first kappa shape index (κ1) is 16.0. The molecule has 122 valence electrons. The van der Waals surface area contributed by atoms with Crippen LogP contribution in [-0.2, 0) is 0 Å². The van der Waals surface area contributed by atoms with E-state index in [1.165, 1.54) is 0 Å². The first-order chi connectivity index (χ1) is 11.2. The first-order valence-corrected chi connectivity index (χ1v) is 8.30. The Balaban J connectivity index is 1.67. The summed E-state index contributed by atoms with van der Waals surface area (Å²) in [6.45, 7) is 2.62. The van der Waals surface area contributed by atoms with E-state index in [1.54, 1.807) is 16.9 Å². The number of amides is 1. The van der Waals surface area contributed by atoms with Crippen molar-refractivity contribution in [2.75, 3.05) is 26.7 Å². The molecule has 0 radical (unpaired) electrons. The molecular weight excluding hydrogens is 312 g/mol. The van der Waals surface area contributed by atoms with Gasteiger partial charge >= 0.3 is 0 Å². The molecule has 2 aromatic rings. The van der Waals surface area contributed by atoms with Crippen LogP contribution in [0.15, 0.2) is 36.5 Å². The molecule has 1 aliphatic rings. The van der Waals surface area contributed by atoms with Gasteiger partial charge in [0.15, 0.2) is 5.69 Å². The Bertz CT molecular complexity index is 677. The Morgan fingerprint density at radius 3 is 2.83 bits per heavy atom. The second-order valence-corrected chi connectivity index (χ2v) is 6.36. The van der Waals surface area contributed by atoms with Gasteiger partial charge in [0, 0.05) is 24.3 Å². The quantitative estimate of drug-likeness (QED) is 0.936. The number of halogens is 1. The maximum absolute atomic E-state index is 12.6. The predicted octanol–water partition coefficient (Wildman–Crippen LogP) is 2.60. The molecule has 0 spiro atoms. The lowest BCUT2D eigenvalue weighted by Gasteiger charge is -2.31. The van der Waals surface area contributed by atoms with Gasteiger partial charge < -0.3 is 10.2 Å². The fraction of sp³-hybridized carbons (Fsp3) is 0.412. The number of benzene rings is 1. The Hall–Kier alpha value is -1.85. The van der Waals surface area contributed by atoms with Crippen molar-refractivity contribution in [2.24, 2.45) is 5.92 Å². The van der Waals surface area contributed by atoms with Crippen molar-refractivity contribution in [3.8, 4) is 5.69 Å². The van der Waals surface area contributed by atoms with Crippen molar-refractivity contribution < 1.29 is 4.79 Å². The second kappa shape index (κ2) is 7.15. The summed E-state index contributed by atoms with van der Waals surface area (Å²) in [5, 5.41) is 8.27. The molecule has 0 bridgehead atoms. The summed E-state index contributed by atoms with van der Waals surface area (Å²) >= 11 is 6.00. The third-order valence-corrected chi connectivity index (χ3v) is 4.51. The lowest BCUT2D eigenvalue weighted by atomic mass is 9.97. The molecule has 1 aromatic carbocycles. The highest BCUT2D eigenvalue weighted by molar-refractivity contribution is 6.30. The van der Waals surface area contributed by atoms with Crippen LogP contribution in [0.25, 0.3) is 5.69 Å². The zero-order valence-corrected chi connectivity index (χ0v) is 14.0. The van der Waals surface area contributed by atoms with Gasteiger partial charge in [0.2, 0.25) is 0 Å². The normalized spacial score (nSPS) is 15.8. The Morgan fingerprint density at radius 1 is 1.35 bits per heavy atom. The van der Waals surface area contributed by atoms with E-state index in [-0.39, 0.29) is 5.91 Å². The average Bonchev–Trinajstić information content (AvgIpc) is 3.05. The monoisotopic (exact) mass is 332 g/mol. The van der Waals surface area contributed by atoms with E-state index in [9.17, 15) is 4.79 Å². The lowest BCUT2D eigenvalue weighted by molar-refractivity contribution is 0.0684. The van der Waals surface area contributed by atoms with Crippen LogP contribution in [-0.4, -0.2) is 47.3 Å². The molecule has 0 atom stereocenters. The number of carbonyl (C=O) groups excluding carboxylic acids is 1. The molecule has 0 unspecified atom stereocenters. The van der Waals surface area contributed by atoms with Gasteiger partial charge in [-0.25, -0.2) is 4.68 Å². The molecule has 23 heavy (non-hydrogen) atoms. The molecular formula is C17H21ClN4O. The average molecular weight is 333 g/mol. The maximum atomic E-state index is 12.6. The van der Waals surface area contributed by atoms with Gasteiger partial charge in [-0.3, -0.25) is 4.79 Å². The van der Waals surface area contributed by atoms with Crippen LogP contribution in [0.4, 0.5) is 0 Å². The summed E-state index contributed by atoms with van der Waals surface area (Å²) in [4.78, 5) is 14.5. The molecule has 1 fully saturated rings. The van der Waals surface area contributed by atoms with Gasteiger partial charge in [0.25, 0.3) is 5.91 Å². The molecule has 1 amide bonds. The number of carbonyl (C=O) groups is 1. The Kier molecular flexibility index (Phi) is 4.98. The molecule has 1 aromatic heterocycles. The van der Waals surface area contributed by atoms with E-state index in [1.807, 2.05) is 36.2 Å². The zero-order valence-electron chi connectivity index (χ0n) is 13.2. The topological polar surface area (TPSA) is 50.2 Å². The Labute approximate surface area is 141 Å². The molecule has 2 heterocycles. The molecule has 1 saturated heterocycles. The summed E-state index contributed by atoms with van der Waals surface area (Å²) in [6.07, 6.45) is 3.88. The number of hydrogen-bond acceptors (Lipinski definition) is 3. The summed E-state index contributed by atoms with van der Waals surface area (Å²) in [6, 6.07) is 9.19. The van der Waals surface area contributed by atoms with Crippen molar-refractivity contribution in [1.29, 1.82) is 0 Å². The largest absolute Gasteiger partial charge is 0.337 e. The highest BCUT2D eigenvalue weighted by Crippen LogP contribution is 2.19. The predicted molar refractivity (Wildman–Crippen MR) is 91.1 cm³/mol. The van der Waals surface area contributed by atoms with Gasteiger partial charge in [0.05, 0.1) is 5.69 Å². The number of nitrogens with zero attached hydrogens (tertiary/aromatic N) is 3. The number of likely N-dealkylation sites (tertiary alicyclic amines) is 1. The van der Waals surface area contributed by atoms with E-state index >= 15 is 0 Å². The van der Waals surface area contributed by atoms with Gasteiger partial charge in [-0.2, -0.15) is 5.10 Å². The molecule has 3 rings (SSSR count). The lowest BCUT2D eigenvalue weighted by Crippen LogP contribution is -2.40. The van der Waals surface area contributed by atoms with Gasteiger partial charge in [-0.15, -0.1) is 0 Å². The maximum Gasteiger partial charge on any atom is 0.274 e. The van der Waals surface area contributed by atoms with Gasteiger partial charge in [0.1, 0.15) is 0 Å². The third-order valence-electron chi connectivity index (χ3n) is 4.28. The Morgan fingerprint density at radius 2 is 2.13 bits per heavy atom. The van der Waals surface area contributed by atoms with E-state index < -0.39 is 0 Å². The van der Waals surface area contributed by atoms with Crippen LogP contribution in [0.5, 0.6) is 0 Å². The van der Waals surface area contributed by atoms with Crippen molar-refractivity contribution in [1.82, 2.24) is 20.0 Å². The minimum absolute atomic E-state index is 0.00804. The second-order valence-electron chi connectivity index (χ2n) is 5.92. The smallest absolute Gasteiger partial charge is 0.274 e. The molecule has 0 aliphatic carbocycles. The van der Waals surface area contributed by atoms with Crippen molar-refractivity contribution in [3.05, 3.63) is 47.2 Å². The third kappa shape index (κ3) is 3.74. The van der Waals surface area contributed by atoms with Crippen molar-refractivity contribution >= 4 is 17.5 Å². The summed E-state index contributed by atoms with van der Waals surface area (Å²) in [5.74, 6) is 0.668. The van der Waals surface area contributed by atoms with Crippen LogP contribution in [0.1, 0.15) is 23.3 Å². The van der Waals surface area contributed by atoms with Gasteiger partial charge in [-0.1, -0.05) is 17.7 Å². The van der Waals surface area contributed by atoms with Crippen molar-refractivity contribution in [3.63, 3.8) is 0 Å². The van der Waals surface area contributed by atoms with E-state index in [0.29, 0.717) is 16.6 Å². The molecule has 5 nitrogen and oxygen atoms in total. The van der Waals surface area contributed by atoms with Crippen molar-refractivity contribution in [2.45, 2.75) is 12.8 Å². The number of rotatable bonds is 4. The van der Waals surface area contributed by atoms with E-state index in [2.05, 4.69) is 10.4 Å². The van der Waals surface area contributed by atoms with Gasteiger partial charge in [-0.05, 0) is 56.6 Å². The SMILES string of the molecule is CNCC1CCN(C(=O)c2ccn(-c3cccc(Cl)c3)n2)CC1. The standard InChI is InChI=1S/C17H21ClN4O/c1-19-12-13-5-8-21(9-6-13)17(23)16-7-10-22(20-16)15-4-2-3-14(18)11-15/h2-4,7,10-11,13,19H,5-6,8-9,12H2,1H3. The fourth-order valence-electron chi connectivity index (χ4n) is 2.99. The van der Waals surface area contributed by atoms with Crippen LogP contribution in [0, 0.1) is 5.92 Å². The number of piperidine rings is 1. The summed E-state index contributed by atoms with van der Waals surface area (Å²) in [5.41, 5.74) is 1.33. The van der Waals surface area contributed by atoms with E-state index in [0.717, 1.165) is 38.2 Å².